The molecule has 7 heteroatoms. The van der Waals surface area contributed by atoms with Crippen LogP contribution < -0.4 is 5.56 Å². The first-order valence-corrected chi connectivity index (χ1v) is 11.1. The Morgan fingerprint density at radius 1 is 1.24 bits per heavy atom. The highest BCUT2D eigenvalue weighted by molar-refractivity contribution is 7.99. The molecule has 152 valence electrons. The van der Waals surface area contributed by atoms with E-state index in [4.69, 9.17) is 11.6 Å². The van der Waals surface area contributed by atoms with Crippen LogP contribution in [-0.2, 0) is 17.1 Å². The molecule has 0 fully saturated rings. The van der Waals surface area contributed by atoms with Gasteiger partial charge in [-0.15, -0.1) is 11.8 Å². The maximum Gasteiger partial charge on any atom is 0.258 e. The van der Waals surface area contributed by atoms with Crippen molar-refractivity contribution in [3.63, 3.8) is 0 Å². The van der Waals surface area contributed by atoms with E-state index >= 15 is 0 Å². The van der Waals surface area contributed by atoms with Crippen molar-refractivity contribution in [1.82, 2.24) is 14.9 Å². The number of aryl methyl sites for hydroxylation is 1. The molecular formula is C22H24ClN3O2S. The van der Waals surface area contributed by atoms with Crippen LogP contribution in [0.1, 0.15) is 30.3 Å². The topological polar surface area (TPSA) is 66.1 Å². The standard InChI is InChI=1S/C22H24ClN3O2S/c1-3-9-26(21(27)14-29-13-16-6-4-5-15(2)10-16)12-20-24-19-11-17(23)7-8-18(19)22(28)25-20/h4-8,10-11H,3,9,12-14H2,1-2H3,(H,24,25,28). The molecule has 1 aromatic heterocycles. The first kappa shape index (κ1) is 21.4. The number of aromatic amines is 1. The predicted octanol–water partition coefficient (Wildman–Crippen LogP) is 4.56. The summed E-state index contributed by atoms with van der Waals surface area (Å²) in [5.41, 5.74) is 2.74. The molecule has 0 saturated heterocycles. The molecule has 0 aliphatic rings. The highest BCUT2D eigenvalue weighted by atomic mass is 35.5. The summed E-state index contributed by atoms with van der Waals surface area (Å²) in [4.78, 5) is 34.1. The summed E-state index contributed by atoms with van der Waals surface area (Å²) in [6.07, 6.45) is 0.831. The molecule has 3 rings (SSSR count). The maximum absolute atomic E-state index is 12.8. The molecule has 0 spiro atoms. The van der Waals surface area contributed by atoms with Crippen molar-refractivity contribution in [1.29, 1.82) is 0 Å². The minimum Gasteiger partial charge on any atom is -0.335 e. The number of hydrogen-bond donors (Lipinski definition) is 1. The lowest BCUT2D eigenvalue weighted by Gasteiger charge is -2.21. The highest BCUT2D eigenvalue weighted by Crippen LogP contribution is 2.17. The van der Waals surface area contributed by atoms with Crippen LogP contribution in [0.5, 0.6) is 0 Å². The van der Waals surface area contributed by atoms with Gasteiger partial charge in [0.05, 0.1) is 23.2 Å². The SMILES string of the molecule is CCCN(Cc1nc2cc(Cl)ccc2c(=O)[nH]1)C(=O)CSCc1cccc(C)c1. The zero-order valence-corrected chi connectivity index (χ0v) is 18.1. The van der Waals surface area contributed by atoms with Crippen molar-refractivity contribution < 1.29 is 4.79 Å². The quantitative estimate of drug-likeness (QED) is 0.570. The molecule has 0 radical (unpaired) electrons. The summed E-state index contributed by atoms with van der Waals surface area (Å²) in [5, 5.41) is 1.01. The van der Waals surface area contributed by atoms with Crippen molar-refractivity contribution >= 4 is 40.2 Å². The second-order valence-electron chi connectivity index (χ2n) is 6.97. The van der Waals surface area contributed by atoms with Crippen LogP contribution in [0.15, 0.2) is 47.3 Å². The Balaban J connectivity index is 1.68. The van der Waals surface area contributed by atoms with E-state index in [2.05, 4.69) is 35.1 Å². The Hall–Kier alpha value is -2.31. The maximum atomic E-state index is 12.8. The fourth-order valence-electron chi connectivity index (χ4n) is 3.13. The van der Waals surface area contributed by atoms with Gasteiger partial charge in [-0.25, -0.2) is 4.98 Å². The van der Waals surface area contributed by atoms with Crippen molar-refractivity contribution in [3.05, 3.63) is 74.8 Å². The molecule has 2 aromatic carbocycles. The van der Waals surface area contributed by atoms with E-state index in [-0.39, 0.29) is 18.0 Å². The Bertz CT molecular complexity index is 1070. The van der Waals surface area contributed by atoms with Gasteiger partial charge in [-0.1, -0.05) is 48.4 Å². The predicted molar refractivity (Wildman–Crippen MR) is 120 cm³/mol. The summed E-state index contributed by atoms with van der Waals surface area (Å²) in [6.45, 7) is 4.97. The number of carbonyl (C=O) groups excluding carboxylic acids is 1. The number of benzene rings is 2. The van der Waals surface area contributed by atoms with Gasteiger partial charge in [0.2, 0.25) is 5.91 Å². The molecule has 0 bridgehead atoms. The van der Waals surface area contributed by atoms with Crippen LogP contribution in [0, 0.1) is 6.92 Å². The third kappa shape index (κ3) is 5.84. The summed E-state index contributed by atoms with van der Waals surface area (Å²) in [5.74, 6) is 1.68. The van der Waals surface area contributed by atoms with Crippen molar-refractivity contribution in [2.45, 2.75) is 32.6 Å². The number of thioether (sulfide) groups is 1. The van der Waals surface area contributed by atoms with E-state index in [9.17, 15) is 9.59 Å². The fourth-order valence-corrected chi connectivity index (χ4v) is 4.17. The molecule has 0 saturated carbocycles. The number of nitrogens with zero attached hydrogens (tertiary/aromatic N) is 2. The van der Waals surface area contributed by atoms with Gasteiger partial charge in [0, 0.05) is 17.3 Å². The summed E-state index contributed by atoms with van der Waals surface area (Å²) >= 11 is 7.62. The van der Waals surface area contributed by atoms with E-state index in [1.54, 1.807) is 34.9 Å². The number of carbonyl (C=O) groups is 1. The number of nitrogens with one attached hydrogen (secondary N) is 1. The van der Waals surface area contributed by atoms with E-state index in [1.165, 1.54) is 11.1 Å². The monoisotopic (exact) mass is 429 g/mol. The zero-order chi connectivity index (χ0) is 20.8. The second kappa shape index (κ2) is 9.94. The van der Waals surface area contributed by atoms with Gasteiger partial charge in [-0.3, -0.25) is 9.59 Å². The average molecular weight is 430 g/mol. The van der Waals surface area contributed by atoms with Crippen LogP contribution >= 0.6 is 23.4 Å². The number of rotatable bonds is 8. The van der Waals surface area contributed by atoms with Gasteiger partial charge in [0.25, 0.3) is 5.56 Å². The number of hydrogen-bond acceptors (Lipinski definition) is 4. The molecule has 0 unspecified atom stereocenters. The Morgan fingerprint density at radius 3 is 2.83 bits per heavy atom. The lowest BCUT2D eigenvalue weighted by atomic mass is 10.2. The van der Waals surface area contributed by atoms with E-state index in [0.717, 1.165) is 12.2 Å². The number of halogens is 1. The Morgan fingerprint density at radius 2 is 2.07 bits per heavy atom. The Labute approximate surface area is 179 Å². The minimum absolute atomic E-state index is 0.0401. The summed E-state index contributed by atoms with van der Waals surface area (Å²) in [7, 11) is 0. The first-order chi connectivity index (χ1) is 14.0. The minimum atomic E-state index is -0.223. The lowest BCUT2D eigenvalue weighted by Crippen LogP contribution is -2.34. The smallest absolute Gasteiger partial charge is 0.258 e. The van der Waals surface area contributed by atoms with Crippen molar-refractivity contribution in [2.24, 2.45) is 0 Å². The third-order valence-electron chi connectivity index (χ3n) is 4.48. The molecule has 0 atom stereocenters. The molecule has 1 amide bonds. The fraction of sp³-hybridized carbons (Fsp3) is 0.318. The molecule has 1 N–H and O–H groups in total. The molecule has 5 nitrogen and oxygen atoms in total. The highest BCUT2D eigenvalue weighted by Gasteiger charge is 2.15. The molecular weight excluding hydrogens is 406 g/mol. The van der Waals surface area contributed by atoms with Crippen molar-refractivity contribution in [2.75, 3.05) is 12.3 Å². The van der Waals surface area contributed by atoms with Crippen LogP contribution in [0.25, 0.3) is 10.9 Å². The second-order valence-corrected chi connectivity index (χ2v) is 8.39. The van der Waals surface area contributed by atoms with Crippen molar-refractivity contribution in [3.8, 4) is 0 Å². The van der Waals surface area contributed by atoms with E-state index < -0.39 is 0 Å². The number of amides is 1. The zero-order valence-electron chi connectivity index (χ0n) is 16.6. The van der Waals surface area contributed by atoms with Gasteiger partial charge >= 0.3 is 0 Å². The summed E-state index contributed by atoms with van der Waals surface area (Å²) < 4.78 is 0. The van der Waals surface area contributed by atoms with E-state index in [1.807, 2.05) is 13.0 Å². The van der Waals surface area contributed by atoms with Crippen LogP contribution in [0.3, 0.4) is 0 Å². The van der Waals surface area contributed by atoms with Gasteiger partial charge in [0.1, 0.15) is 5.82 Å². The van der Waals surface area contributed by atoms with Gasteiger partial charge in [-0.05, 0) is 37.1 Å². The first-order valence-electron chi connectivity index (χ1n) is 9.56. The molecule has 29 heavy (non-hydrogen) atoms. The average Bonchev–Trinajstić information content (AvgIpc) is 2.67. The van der Waals surface area contributed by atoms with Gasteiger partial charge < -0.3 is 9.88 Å². The lowest BCUT2D eigenvalue weighted by molar-refractivity contribution is -0.129. The summed E-state index contributed by atoms with van der Waals surface area (Å²) in [6, 6.07) is 13.3. The third-order valence-corrected chi connectivity index (χ3v) is 5.70. The van der Waals surface area contributed by atoms with E-state index in [0.29, 0.717) is 34.0 Å². The molecule has 1 heterocycles. The molecule has 3 aromatic rings. The Kier molecular flexibility index (Phi) is 7.34. The largest absolute Gasteiger partial charge is 0.335 e. The van der Waals surface area contributed by atoms with Gasteiger partial charge in [-0.2, -0.15) is 0 Å². The number of aromatic nitrogens is 2. The normalized spacial score (nSPS) is 11.0. The molecule has 0 aliphatic carbocycles. The number of H-pyrrole nitrogens is 1. The van der Waals surface area contributed by atoms with Crippen LogP contribution in [0.2, 0.25) is 5.02 Å². The molecule has 0 aliphatic heterocycles. The van der Waals surface area contributed by atoms with Gasteiger partial charge in [0.15, 0.2) is 0 Å². The van der Waals surface area contributed by atoms with Crippen LogP contribution in [0.4, 0.5) is 0 Å². The number of fused-ring (bicyclic) bond motifs is 1. The van der Waals surface area contributed by atoms with Crippen LogP contribution in [-0.4, -0.2) is 33.1 Å².